The maximum atomic E-state index is 12.3. The van der Waals surface area contributed by atoms with Crippen LogP contribution in [0.2, 0.25) is 0 Å². The zero-order valence-electron chi connectivity index (χ0n) is 20.6. The fourth-order valence-electron chi connectivity index (χ4n) is 8.79. The highest BCUT2D eigenvalue weighted by Crippen LogP contribution is 2.71. The molecule has 1 aromatic heterocycles. The zero-order chi connectivity index (χ0) is 24.4. The quantitative estimate of drug-likeness (QED) is 0.610. The number of rotatable bonds is 3. The molecule has 1 heterocycles. The molecule has 1 aromatic rings. The van der Waals surface area contributed by atoms with E-state index in [4.69, 9.17) is 9.15 Å². The predicted molar refractivity (Wildman–Crippen MR) is 126 cm³/mol. The minimum Gasteiger partial charge on any atom is -0.450 e. The molecule has 7 nitrogen and oxygen atoms in total. The Morgan fingerprint density at radius 3 is 2.50 bits per heavy atom. The van der Waals surface area contributed by atoms with Crippen LogP contribution in [-0.4, -0.2) is 40.2 Å². The first kappa shape index (κ1) is 23.9. The molecule has 1 amide bonds. The molecule has 0 radical (unpaired) electrons. The largest absolute Gasteiger partial charge is 0.450 e. The van der Waals surface area contributed by atoms with Crippen LogP contribution in [0.5, 0.6) is 0 Å². The summed E-state index contributed by atoms with van der Waals surface area (Å²) in [6.45, 7) is 6.55. The molecule has 0 spiro atoms. The van der Waals surface area contributed by atoms with Crippen LogP contribution >= 0.6 is 0 Å². The molecule has 0 unspecified atom stereocenters. The van der Waals surface area contributed by atoms with Crippen LogP contribution in [-0.2, 0) is 4.74 Å². The number of aliphatic hydroxyl groups is 2. The van der Waals surface area contributed by atoms with Gasteiger partial charge in [-0.15, -0.1) is 0 Å². The van der Waals surface area contributed by atoms with Gasteiger partial charge in [0.25, 0.3) is 0 Å². The van der Waals surface area contributed by atoms with Crippen molar-refractivity contribution in [1.82, 2.24) is 5.32 Å². The van der Waals surface area contributed by atoms with Crippen LogP contribution in [0, 0.1) is 22.7 Å². The first-order valence-corrected chi connectivity index (χ1v) is 13.0. The number of alkyl carbamates (subject to hydrolysis) is 1. The zero-order valence-corrected chi connectivity index (χ0v) is 20.6. The first-order chi connectivity index (χ1) is 16.1. The van der Waals surface area contributed by atoms with Crippen LogP contribution in [0.1, 0.15) is 90.0 Å². The minimum absolute atomic E-state index is 0.0887. The van der Waals surface area contributed by atoms with Crippen molar-refractivity contribution in [2.45, 2.75) is 102 Å². The van der Waals surface area contributed by atoms with Gasteiger partial charge in [-0.25, -0.2) is 9.59 Å². The van der Waals surface area contributed by atoms with Gasteiger partial charge in [0.05, 0.1) is 24.1 Å². The highest BCUT2D eigenvalue weighted by Gasteiger charge is 2.69. The molecule has 4 aliphatic carbocycles. The van der Waals surface area contributed by atoms with Crippen molar-refractivity contribution < 1.29 is 24.2 Å². The maximum Gasteiger partial charge on any atom is 0.407 e. The molecule has 7 heteroatoms. The Labute approximate surface area is 201 Å². The smallest absolute Gasteiger partial charge is 0.407 e. The van der Waals surface area contributed by atoms with E-state index in [2.05, 4.69) is 19.2 Å². The summed E-state index contributed by atoms with van der Waals surface area (Å²) in [7, 11) is 0. The minimum atomic E-state index is -0.860. The molecule has 3 N–H and O–H groups in total. The molecular formula is C27H39NO6. The number of hydrogen-bond donors (Lipinski definition) is 3. The SMILES string of the molecule is CCOC(=O)N[C@H]1CC[C@]2(C)[C@H]3CC[C@]4(C)[C@@H](c5ccc(=O)oc5)CC[C@]4(O)[C@@H]3CC[C@]2(O)C1. The van der Waals surface area contributed by atoms with E-state index in [9.17, 15) is 19.8 Å². The number of carbonyl (C=O) groups is 1. The van der Waals surface area contributed by atoms with Gasteiger partial charge in [-0.1, -0.05) is 13.8 Å². The molecule has 4 aliphatic rings. The Balaban J connectivity index is 1.39. The molecule has 0 aromatic carbocycles. The summed E-state index contributed by atoms with van der Waals surface area (Å²) in [5.74, 6) is 0.521. The number of fused-ring (bicyclic) bond motifs is 5. The highest BCUT2D eigenvalue weighted by atomic mass is 16.5. The molecular weight excluding hydrogens is 434 g/mol. The van der Waals surface area contributed by atoms with Crippen molar-refractivity contribution in [2.75, 3.05) is 6.61 Å². The van der Waals surface area contributed by atoms with Crippen LogP contribution in [0.15, 0.2) is 27.6 Å². The van der Waals surface area contributed by atoms with Crippen LogP contribution < -0.4 is 10.9 Å². The van der Waals surface area contributed by atoms with E-state index in [1.165, 1.54) is 6.07 Å². The molecule has 5 rings (SSSR count). The van der Waals surface area contributed by atoms with Gasteiger partial charge in [-0.2, -0.15) is 0 Å². The standard InChI is InChI=1S/C27H39NO6/c1-4-33-23(30)28-18-7-11-24(2)20-8-12-25(3)19(17-5-6-22(29)34-16-17)10-14-27(25,32)21(20)9-13-26(24,31)15-18/h5-6,16,18-21,31-32H,4,7-15H2,1-3H3,(H,28,30)/t18-,19+,20-,21+,24+,25+,26-,27-/m0/s1. The molecule has 188 valence electrons. The molecule has 4 fully saturated rings. The van der Waals surface area contributed by atoms with E-state index >= 15 is 0 Å². The second kappa shape index (κ2) is 8.09. The Morgan fingerprint density at radius 1 is 1.06 bits per heavy atom. The highest BCUT2D eigenvalue weighted by molar-refractivity contribution is 5.67. The van der Waals surface area contributed by atoms with Gasteiger partial charge in [0.2, 0.25) is 0 Å². The Hall–Kier alpha value is -1.86. The van der Waals surface area contributed by atoms with E-state index in [0.29, 0.717) is 19.4 Å². The third-order valence-electron chi connectivity index (χ3n) is 10.7. The van der Waals surface area contributed by atoms with Gasteiger partial charge in [0, 0.05) is 17.5 Å². The lowest BCUT2D eigenvalue weighted by Crippen LogP contribution is -2.68. The fourth-order valence-corrected chi connectivity index (χ4v) is 8.79. The predicted octanol–water partition coefficient (Wildman–Crippen LogP) is 4.11. The number of carbonyl (C=O) groups excluding carboxylic acids is 1. The monoisotopic (exact) mass is 473 g/mol. The van der Waals surface area contributed by atoms with Crippen molar-refractivity contribution in [1.29, 1.82) is 0 Å². The summed E-state index contributed by atoms with van der Waals surface area (Å²) in [5.41, 5.74) is -1.60. The van der Waals surface area contributed by atoms with E-state index in [1.807, 2.05) is 6.07 Å². The summed E-state index contributed by atoms with van der Waals surface area (Å²) in [4.78, 5) is 23.5. The molecule has 34 heavy (non-hydrogen) atoms. The second-order valence-electron chi connectivity index (χ2n) is 11.9. The average Bonchev–Trinajstić information content (AvgIpc) is 3.06. The molecule has 8 atom stereocenters. The normalized spacial score (nSPS) is 45.6. The van der Waals surface area contributed by atoms with E-state index in [-0.39, 0.29) is 40.3 Å². The third-order valence-corrected chi connectivity index (χ3v) is 10.7. The summed E-state index contributed by atoms with van der Waals surface area (Å²) >= 11 is 0. The van der Waals surface area contributed by atoms with Gasteiger partial charge < -0.3 is 24.7 Å². The third kappa shape index (κ3) is 3.29. The lowest BCUT2D eigenvalue weighted by molar-refractivity contribution is -0.247. The summed E-state index contributed by atoms with van der Waals surface area (Å²) in [5, 5.41) is 27.2. The molecule has 0 aliphatic heterocycles. The van der Waals surface area contributed by atoms with Crippen LogP contribution in [0.25, 0.3) is 0 Å². The Bertz CT molecular complexity index is 989. The fraction of sp³-hybridized carbons (Fsp3) is 0.778. The summed E-state index contributed by atoms with van der Waals surface area (Å²) < 4.78 is 10.2. The summed E-state index contributed by atoms with van der Waals surface area (Å²) in [6, 6.07) is 3.25. The van der Waals surface area contributed by atoms with E-state index in [1.54, 1.807) is 13.2 Å². The first-order valence-electron chi connectivity index (χ1n) is 13.0. The Kier molecular flexibility index (Phi) is 5.68. The van der Waals surface area contributed by atoms with Crippen LogP contribution in [0.3, 0.4) is 0 Å². The second-order valence-corrected chi connectivity index (χ2v) is 11.9. The Morgan fingerprint density at radius 2 is 1.79 bits per heavy atom. The van der Waals surface area contributed by atoms with Crippen molar-refractivity contribution >= 4 is 6.09 Å². The molecule has 0 saturated heterocycles. The number of amides is 1. The van der Waals surface area contributed by atoms with Gasteiger partial charge in [-0.05, 0) is 99.5 Å². The van der Waals surface area contributed by atoms with E-state index in [0.717, 1.165) is 50.5 Å². The van der Waals surface area contributed by atoms with Gasteiger partial charge in [-0.3, -0.25) is 0 Å². The number of ether oxygens (including phenoxy) is 1. The van der Waals surface area contributed by atoms with Crippen molar-refractivity contribution in [3.8, 4) is 0 Å². The van der Waals surface area contributed by atoms with Crippen molar-refractivity contribution in [2.24, 2.45) is 22.7 Å². The number of hydrogen-bond acceptors (Lipinski definition) is 6. The van der Waals surface area contributed by atoms with Gasteiger partial charge in [0.15, 0.2) is 0 Å². The molecule has 4 saturated carbocycles. The van der Waals surface area contributed by atoms with Crippen molar-refractivity contribution in [3.05, 3.63) is 34.4 Å². The van der Waals surface area contributed by atoms with Gasteiger partial charge in [0.1, 0.15) is 0 Å². The lowest BCUT2D eigenvalue weighted by Gasteiger charge is -2.66. The average molecular weight is 474 g/mol. The lowest BCUT2D eigenvalue weighted by atomic mass is 9.42. The number of nitrogens with one attached hydrogen (secondary N) is 1. The topological polar surface area (TPSA) is 109 Å². The summed E-state index contributed by atoms with van der Waals surface area (Å²) in [6.07, 6.45) is 8.19. The molecule has 0 bridgehead atoms. The van der Waals surface area contributed by atoms with Crippen molar-refractivity contribution in [3.63, 3.8) is 0 Å². The van der Waals surface area contributed by atoms with Gasteiger partial charge >= 0.3 is 11.7 Å². The van der Waals surface area contributed by atoms with E-state index < -0.39 is 17.3 Å². The van der Waals surface area contributed by atoms with Crippen LogP contribution in [0.4, 0.5) is 4.79 Å². The maximum absolute atomic E-state index is 12.3.